The van der Waals surface area contributed by atoms with Crippen LogP contribution < -0.4 is 5.32 Å². The van der Waals surface area contributed by atoms with E-state index in [1.54, 1.807) is 24.7 Å². The van der Waals surface area contributed by atoms with Crippen molar-refractivity contribution in [3.05, 3.63) is 59.9 Å². The number of benzene rings is 1. The standard InChI is InChI=1S/C14H16FN3/c1-2-6-18-14(13-10-16-7-8-17-13)11-4-3-5-12(15)9-11/h3-5,7-10,14,18H,2,6H2,1H3. The molecule has 1 aromatic carbocycles. The van der Waals surface area contributed by atoms with Gasteiger partial charge in [-0.25, -0.2) is 4.39 Å². The van der Waals surface area contributed by atoms with Crippen molar-refractivity contribution in [2.45, 2.75) is 19.4 Å². The zero-order valence-electron chi connectivity index (χ0n) is 10.3. The van der Waals surface area contributed by atoms with Crippen LogP contribution >= 0.6 is 0 Å². The summed E-state index contributed by atoms with van der Waals surface area (Å²) in [6, 6.07) is 6.46. The summed E-state index contributed by atoms with van der Waals surface area (Å²) in [6.07, 6.45) is 5.99. The van der Waals surface area contributed by atoms with Crippen molar-refractivity contribution in [3.63, 3.8) is 0 Å². The Morgan fingerprint density at radius 3 is 2.89 bits per heavy atom. The summed E-state index contributed by atoms with van der Waals surface area (Å²) in [7, 11) is 0. The monoisotopic (exact) mass is 245 g/mol. The third-order valence-corrected chi connectivity index (χ3v) is 2.66. The zero-order chi connectivity index (χ0) is 12.8. The Kier molecular flexibility index (Phi) is 4.36. The van der Waals surface area contributed by atoms with Gasteiger partial charge in [0.05, 0.1) is 17.9 Å². The lowest BCUT2D eigenvalue weighted by Crippen LogP contribution is -2.24. The highest BCUT2D eigenvalue weighted by atomic mass is 19.1. The maximum Gasteiger partial charge on any atom is 0.123 e. The van der Waals surface area contributed by atoms with Gasteiger partial charge in [0.2, 0.25) is 0 Å². The molecule has 0 radical (unpaired) electrons. The van der Waals surface area contributed by atoms with E-state index in [0.29, 0.717) is 0 Å². The number of aromatic nitrogens is 2. The van der Waals surface area contributed by atoms with Crippen LogP contribution in [0.1, 0.15) is 30.6 Å². The van der Waals surface area contributed by atoms with E-state index >= 15 is 0 Å². The van der Waals surface area contributed by atoms with Gasteiger partial charge in [-0.15, -0.1) is 0 Å². The Balaban J connectivity index is 2.31. The number of nitrogens with one attached hydrogen (secondary N) is 1. The van der Waals surface area contributed by atoms with Gasteiger partial charge in [0.15, 0.2) is 0 Å². The summed E-state index contributed by atoms with van der Waals surface area (Å²) in [5.41, 5.74) is 1.67. The van der Waals surface area contributed by atoms with Crippen molar-refractivity contribution in [2.75, 3.05) is 6.54 Å². The van der Waals surface area contributed by atoms with Crippen LogP contribution in [0.3, 0.4) is 0 Å². The Morgan fingerprint density at radius 2 is 2.22 bits per heavy atom. The lowest BCUT2D eigenvalue weighted by atomic mass is 10.0. The minimum atomic E-state index is -0.236. The van der Waals surface area contributed by atoms with E-state index in [2.05, 4.69) is 22.2 Å². The Labute approximate surface area is 106 Å². The smallest absolute Gasteiger partial charge is 0.123 e. The van der Waals surface area contributed by atoms with Crippen molar-refractivity contribution < 1.29 is 4.39 Å². The second-order valence-electron chi connectivity index (χ2n) is 4.07. The normalized spacial score (nSPS) is 12.3. The molecule has 0 aliphatic rings. The molecule has 0 fully saturated rings. The Bertz CT molecular complexity index is 487. The maximum absolute atomic E-state index is 13.3. The van der Waals surface area contributed by atoms with Gasteiger partial charge in [0.1, 0.15) is 5.82 Å². The SMILES string of the molecule is CCCNC(c1cccc(F)c1)c1cnccn1. The third kappa shape index (κ3) is 3.11. The highest BCUT2D eigenvalue weighted by molar-refractivity contribution is 5.27. The molecule has 0 aliphatic carbocycles. The number of halogens is 1. The minimum Gasteiger partial charge on any atom is -0.305 e. The topological polar surface area (TPSA) is 37.8 Å². The first-order valence-corrected chi connectivity index (χ1v) is 6.06. The molecular weight excluding hydrogens is 229 g/mol. The van der Waals surface area contributed by atoms with Crippen LogP contribution in [0.2, 0.25) is 0 Å². The molecule has 18 heavy (non-hydrogen) atoms. The van der Waals surface area contributed by atoms with Crippen LogP contribution in [0.5, 0.6) is 0 Å². The number of nitrogens with zero attached hydrogens (tertiary/aromatic N) is 2. The summed E-state index contributed by atoms with van der Waals surface area (Å²) in [5.74, 6) is -0.236. The molecule has 1 aromatic heterocycles. The second kappa shape index (κ2) is 6.21. The van der Waals surface area contributed by atoms with E-state index in [1.165, 1.54) is 12.1 Å². The van der Waals surface area contributed by atoms with Gasteiger partial charge in [0, 0.05) is 12.4 Å². The molecule has 94 valence electrons. The molecule has 1 unspecified atom stereocenters. The van der Waals surface area contributed by atoms with Crippen molar-refractivity contribution in [3.8, 4) is 0 Å². The first-order chi connectivity index (χ1) is 8.81. The molecule has 3 nitrogen and oxygen atoms in total. The van der Waals surface area contributed by atoms with Gasteiger partial charge in [-0.3, -0.25) is 9.97 Å². The molecule has 0 amide bonds. The molecule has 0 aliphatic heterocycles. The third-order valence-electron chi connectivity index (χ3n) is 2.66. The van der Waals surface area contributed by atoms with E-state index in [0.717, 1.165) is 24.2 Å². The molecular formula is C14H16FN3. The second-order valence-corrected chi connectivity index (χ2v) is 4.07. The summed E-state index contributed by atoms with van der Waals surface area (Å²) < 4.78 is 13.3. The quantitative estimate of drug-likeness (QED) is 0.880. The predicted octanol–water partition coefficient (Wildman–Crippen LogP) is 2.70. The van der Waals surface area contributed by atoms with Crippen LogP contribution in [-0.2, 0) is 0 Å². The number of hydrogen-bond acceptors (Lipinski definition) is 3. The molecule has 4 heteroatoms. The average Bonchev–Trinajstić information content (AvgIpc) is 2.40. The van der Waals surface area contributed by atoms with Gasteiger partial charge in [0.25, 0.3) is 0 Å². The lowest BCUT2D eigenvalue weighted by Gasteiger charge is -2.18. The van der Waals surface area contributed by atoms with Gasteiger partial charge >= 0.3 is 0 Å². The van der Waals surface area contributed by atoms with E-state index in [4.69, 9.17) is 0 Å². The largest absolute Gasteiger partial charge is 0.305 e. The first-order valence-electron chi connectivity index (χ1n) is 6.06. The average molecular weight is 245 g/mol. The molecule has 0 spiro atoms. The van der Waals surface area contributed by atoms with Crippen LogP contribution in [0, 0.1) is 5.82 Å². The fourth-order valence-corrected chi connectivity index (χ4v) is 1.83. The van der Waals surface area contributed by atoms with Crippen molar-refractivity contribution in [2.24, 2.45) is 0 Å². The molecule has 1 heterocycles. The van der Waals surface area contributed by atoms with E-state index < -0.39 is 0 Å². The van der Waals surface area contributed by atoms with E-state index in [1.807, 2.05) is 6.07 Å². The minimum absolute atomic E-state index is 0.116. The van der Waals surface area contributed by atoms with Gasteiger partial charge in [-0.2, -0.15) is 0 Å². The van der Waals surface area contributed by atoms with Crippen LogP contribution in [-0.4, -0.2) is 16.5 Å². The van der Waals surface area contributed by atoms with Crippen LogP contribution in [0.15, 0.2) is 42.9 Å². The van der Waals surface area contributed by atoms with E-state index in [-0.39, 0.29) is 11.9 Å². The van der Waals surface area contributed by atoms with Crippen LogP contribution in [0.25, 0.3) is 0 Å². The van der Waals surface area contributed by atoms with E-state index in [9.17, 15) is 4.39 Å². The Morgan fingerprint density at radius 1 is 1.33 bits per heavy atom. The fraction of sp³-hybridized carbons (Fsp3) is 0.286. The summed E-state index contributed by atoms with van der Waals surface area (Å²) >= 11 is 0. The zero-order valence-corrected chi connectivity index (χ0v) is 10.3. The molecule has 0 bridgehead atoms. The molecule has 1 N–H and O–H groups in total. The first kappa shape index (κ1) is 12.6. The highest BCUT2D eigenvalue weighted by Gasteiger charge is 2.15. The van der Waals surface area contributed by atoms with Gasteiger partial charge in [-0.1, -0.05) is 19.1 Å². The predicted molar refractivity (Wildman–Crippen MR) is 68.6 cm³/mol. The summed E-state index contributed by atoms with van der Waals surface area (Å²) in [4.78, 5) is 8.36. The Hall–Kier alpha value is -1.81. The highest BCUT2D eigenvalue weighted by Crippen LogP contribution is 2.20. The molecule has 2 rings (SSSR count). The summed E-state index contributed by atoms with van der Waals surface area (Å²) in [6.45, 7) is 2.93. The van der Waals surface area contributed by atoms with Crippen molar-refractivity contribution >= 4 is 0 Å². The molecule has 0 saturated carbocycles. The molecule has 2 aromatic rings. The van der Waals surface area contributed by atoms with Crippen molar-refractivity contribution in [1.82, 2.24) is 15.3 Å². The lowest BCUT2D eigenvalue weighted by molar-refractivity contribution is 0.574. The van der Waals surface area contributed by atoms with Gasteiger partial charge < -0.3 is 5.32 Å². The maximum atomic E-state index is 13.3. The van der Waals surface area contributed by atoms with Crippen LogP contribution in [0.4, 0.5) is 4.39 Å². The number of hydrogen-bond donors (Lipinski definition) is 1. The number of rotatable bonds is 5. The van der Waals surface area contributed by atoms with Crippen molar-refractivity contribution in [1.29, 1.82) is 0 Å². The molecule has 1 atom stereocenters. The molecule has 0 saturated heterocycles. The summed E-state index contributed by atoms with van der Waals surface area (Å²) in [5, 5.41) is 3.36. The fourth-order valence-electron chi connectivity index (χ4n) is 1.83. The van der Waals surface area contributed by atoms with Gasteiger partial charge in [-0.05, 0) is 30.7 Å².